The van der Waals surface area contributed by atoms with Crippen LogP contribution in [0.25, 0.3) is 0 Å². The van der Waals surface area contributed by atoms with Crippen molar-refractivity contribution < 1.29 is 39.5 Å². The third-order valence-electron chi connectivity index (χ3n) is 4.25. The molecule has 1 unspecified atom stereocenters. The van der Waals surface area contributed by atoms with Gasteiger partial charge in [-0.15, -0.1) is 0 Å². The van der Waals surface area contributed by atoms with Gasteiger partial charge in [0.05, 0.1) is 38.3 Å². The third-order valence-corrected chi connectivity index (χ3v) is 5.19. The minimum absolute atomic E-state index is 0.149. The summed E-state index contributed by atoms with van der Waals surface area (Å²) in [7, 11) is 4.00. The van der Waals surface area contributed by atoms with Crippen LogP contribution in [0.1, 0.15) is 19.3 Å². The topological polar surface area (TPSA) is 156 Å². The number of likely N-dealkylation sites (tertiary alicyclic amines) is 1. The Bertz CT molecular complexity index is 635. The predicted molar refractivity (Wildman–Crippen MR) is 125 cm³/mol. The van der Waals surface area contributed by atoms with E-state index in [4.69, 9.17) is 20.4 Å². The summed E-state index contributed by atoms with van der Waals surface area (Å²) in [5, 5.41) is 7.53. The normalized spacial score (nSPS) is 15.4. The van der Waals surface area contributed by atoms with Crippen molar-refractivity contribution >= 4 is 44.6 Å². The summed E-state index contributed by atoms with van der Waals surface area (Å²) in [4.78, 5) is 48.1. The molecule has 190 valence electrons. The first-order chi connectivity index (χ1) is 16.4. The molecule has 0 radical (unpaired) electrons. The number of amides is 4. The number of thioether (sulfide) groups is 1. The van der Waals surface area contributed by atoms with E-state index in [-0.39, 0.29) is 49.0 Å². The zero-order chi connectivity index (χ0) is 25.6. The molecule has 0 aromatic carbocycles. The predicted octanol–water partition coefficient (Wildman–Crippen LogP) is 0.671. The average molecular weight is 512 g/mol. The van der Waals surface area contributed by atoms with E-state index in [0.717, 1.165) is 0 Å². The zero-order valence-electron chi connectivity index (χ0n) is 20.1. The van der Waals surface area contributed by atoms with Crippen LogP contribution in [0.2, 0.25) is 1.41 Å². The molecule has 1 heterocycles. The van der Waals surface area contributed by atoms with E-state index < -0.39 is 6.09 Å². The SMILES string of the molecule is COCCOC(=O)NCCOCCOCCNC(=O)CCCN1C(=O)CC(SC)C1=O.[2H]N=P. The van der Waals surface area contributed by atoms with Gasteiger partial charge in [-0.05, 0) is 21.7 Å². The summed E-state index contributed by atoms with van der Waals surface area (Å²) in [5.74, 6) is -0.478. The van der Waals surface area contributed by atoms with Crippen LogP contribution in [0.3, 0.4) is 0 Å². The van der Waals surface area contributed by atoms with Crippen LogP contribution in [0.5, 0.6) is 0 Å². The lowest BCUT2D eigenvalue weighted by molar-refractivity contribution is -0.138. The Morgan fingerprint density at radius 2 is 1.79 bits per heavy atom. The van der Waals surface area contributed by atoms with Gasteiger partial charge in [-0.3, -0.25) is 24.4 Å². The molecule has 1 atom stereocenters. The van der Waals surface area contributed by atoms with Crippen LogP contribution in [0.15, 0.2) is 0 Å². The van der Waals surface area contributed by atoms with Crippen molar-refractivity contribution in [3.63, 3.8) is 0 Å². The van der Waals surface area contributed by atoms with Crippen LogP contribution in [0, 0.1) is 5.15 Å². The second kappa shape index (κ2) is 20.8. The summed E-state index contributed by atoms with van der Waals surface area (Å²) in [6.07, 6.45) is 2.21. The zero-order valence-corrected chi connectivity index (χ0v) is 20.9. The number of alkyl carbamates (subject to hydrolysis) is 1. The van der Waals surface area contributed by atoms with Crippen LogP contribution < -0.4 is 10.6 Å². The highest BCUT2D eigenvalue weighted by atomic mass is 32.2. The number of methoxy groups -OCH3 is 1. The third kappa shape index (κ3) is 14.9. The van der Waals surface area contributed by atoms with Crippen molar-refractivity contribution in [2.45, 2.75) is 24.5 Å². The van der Waals surface area contributed by atoms with Crippen LogP contribution in [0.4, 0.5) is 4.79 Å². The summed E-state index contributed by atoms with van der Waals surface area (Å²) >= 11 is 1.38. The van der Waals surface area contributed by atoms with Gasteiger partial charge in [-0.1, -0.05) is 0 Å². The van der Waals surface area contributed by atoms with Gasteiger partial charge in [-0.2, -0.15) is 11.8 Å². The number of ether oxygens (including phenoxy) is 4. The van der Waals surface area contributed by atoms with Crippen LogP contribution >= 0.6 is 20.8 Å². The van der Waals surface area contributed by atoms with Gasteiger partial charge in [0.1, 0.15) is 6.61 Å². The first-order valence-electron chi connectivity index (χ1n) is 10.9. The average Bonchev–Trinajstić information content (AvgIpc) is 3.08. The van der Waals surface area contributed by atoms with E-state index >= 15 is 0 Å². The lowest BCUT2D eigenvalue weighted by Gasteiger charge is -2.14. The van der Waals surface area contributed by atoms with E-state index in [1.807, 2.05) is 6.26 Å². The van der Waals surface area contributed by atoms with Crippen molar-refractivity contribution in [1.82, 2.24) is 15.5 Å². The van der Waals surface area contributed by atoms with E-state index in [0.29, 0.717) is 52.5 Å². The minimum atomic E-state index is -0.518. The minimum Gasteiger partial charge on any atom is -0.447 e. The molecule has 1 fully saturated rings. The number of carbonyl (C=O) groups is 4. The van der Waals surface area contributed by atoms with E-state index in [2.05, 4.69) is 24.8 Å². The summed E-state index contributed by atoms with van der Waals surface area (Å²) in [6.45, 7) is 2.92. The molecule has 1 rings (SSSR count). The number of imide groups is 1. The van der Waals surface area contributed by atoms with Gasteiger partial charge < -0.3 is 29.6 Å². The second-order valence-corrected chi connectivity index (χ2v) is 7.59. The monoisotopic (exact) mass is 511 g/mol. The Labute approximate surface area is 202 Å². The number of nitrogens with one attached hydrogen (secondary N) is 3. The Morgan fingerprint density at radius 1 is 1.15 bits per heavy atom. The molecule has 0 bridgehead atoms. The molecule has 4 amide bonds. The highest BCUT2D eigenvalue weighted by molar-refractivity contribution is 8.00. The maximum absolute atomic E-state index is 12.0. The molecule has 0 saturated carbocycles. The molecule has 1 aliphatic heterocycles. The van der Waals surface area contributed by atoms with E-state index in [9.17, 15) is 19.2 Å². The molecule has 12 nitrogen and oxygen atoms in total. The molecule has 1 saturated heterocycles. The number of nitrogens with zero attached hydrogens (tertiary/aromatic N) is 1. The van der Waals surface area contributed by atoms with Gasteiger partial charge in [-0.25, -0.2) is 4.79 Å². The quantitative estimate of drug-likeness (QED) is 0.145. The highest BCUT2D eigenvalue weighted by Gasteiger charge is 2.37. The largest absolute Gasteiger partial charge is 0.447 e. The van der Waals surface area contributed by atoms with Gasteiger partial charge in [0.2, 0.25) is 17.7 Å². The van der Waals surface area contributed by atoms with E-state index in [1.54, 1.807) is 0 Å². The molecule has 0 aliphatic carbocycles. The first kappa shape index (κ1) is 29.2. The Kier molecular flexibility index (Phi) is 18.4. The Morgan fingerprint density at radius 3 is 2.36 bits per heavy atom. The fraction of sp³-hybridized carbons (Fsp3) is 0.789. The van der Waals surface area contributed by atoms with Gasteiger partial charge in [0.15, 0.2) is 1.41 Å². The number of hydrogen-bond donors (Lipinski definition) is 3. The Balaban J connectivity index is 0.00000343. The maximum atomic E-state index is 12.0. The summed E-state index contributed by atoms with van der Waals surface area (Å²) in [6, 6.07) is 0. The standard InChI is InChI=1S/C19H33N3O8S.H2NP/c1-27-10-13-30-19(26)21-6-9-29-12-11-28-8-5-20-16(23)4-3-7-22-17(24)14-15(31-2)18(22)25;1-2/h15H,3-14H2,1-2H3,(H,20,23)(H,21,26);1-2H/i/hD. The van der Waals surface area contributed by atoms with Crippen LogP contribution in [-0.4, -0.2) is 107 Å². The number of rotatable bonds is 17. The molecule has 33 heavy (non-hydrogen) atoms. The van der Waals surface area contributed by atoms with Crippen molar-refractivity contribution in [3.05, 3.63) is 0 Å². The Hall–Kier alpha value is -1.79. The highest BCUT2D eigenvalue weighted by Crippen LogP contribution is 2.23. The van der Waals surface area contributed by atoms with Crippen molar-refractivity contribution in [3.8, 4) is 0 Å². The molecule has 14 heteroatoms. The summed E-state index contributed by atoms with van der Waals surface area (Å²) in [5.41, 5.74) is 0. The van der Waals surface area contributed by atoms with Gasteiger partial charge >= 0.3 is 6.09 Å². The smallest absolute Gasteiger partial charge is 0.407 e. The van der Waals surface area contributed by atoms with Gasteiger partial charge in [0.25, 0.3) is 0 Å². The molecule has 1 aliphatic rings. The maximum Gasteiger partial charge on any atom is 0.407 e. The number of hydrogen-bond acceptors (Lipinski definition) is 10. The number of carbonyl (C=O) groups excluding carboxylic acids is 4. The molecule has 0 aromatic heterocycles. The second-order valence-electron chi connectivity index (χ2n) is 6.55. The fourth-order valence-corrected chi connectivity index (χ4v) is 3.27. The van der Waals surface area contributed by atoms with Crippen LogP contribution in [-0.2, 0) is 33.3 Å². The fourth-order valence-electron chi connectivity index (χ4n) is 2.64. The van der Waals surface area contributed by atoms with E-state index in [1.165, 1.54) is 23.8 Å². The molecule has 0 aromatic rings. The van der Waals surface area contributed by atoms with Crippen molar-refractivity contribution in [2.24, 2.45) is 0 Å². The molecular weight excluding hydrogens is 475 g/mol. The molecular formula is C19H35N4O8PS. The summed E-state index contributed by atoms with van der Waals surface area (Å²) < 4.78 is 26.0. The molecule has 3 N–H and O–H groups in total. The lowest BCUT2D eigenvalue weighted by atomic mass is 10.3. The first-order valence-corrected chi connectivity index (χ1v) is 12.1. The van der Waals surface area contributed by atoms with Gasteiger partial charge in [0, 0.05) is 39.6 Å². The molecule has 0 spiro atoms. The van der Waals surface area contributed by atoms with Crippen molar-refractivity contribution in [2.75, 3.05) is 72.6 Å². The lowest BCUT2D eigenvalue weighted by Crippen LogP contribution is -2.33. The van der Waals surface area contributed by atoms with Crippen molar-refractivity contribution in [1.29, 1.82) is 5.15 Å².